The lowest BCUT2D eigenvalue weighted by molar-refractivity contribution is -0.151. The van der Waals surface area contributed by atoms with E-state index in [9.17, 15) is 29.7 Å². The Morgan fingerprint density at radius 2 is 1.28 bits per heavy atom. The van der Waals surface area contributed by atoms with Gasteiger partial charge >= 0.3 is 0 Å². The molecule has 2 amide bonds. The van der Waals surface area contributed by atoms with Crippen LogP contribution in [0.4, 0.5) is 5.69 Å². The third-order valence-corrected chi connectivity index (χ3v) is 8.42. The van der Waals surface area contributed by atoms with Crippen LogP contribution in [-0.2, 0) is 20.8 Å². The van der Waals surface area contributed by atoms with Crippen LogP contribution in [0.3, 0.4) is 0 Å². The Labute approximate surface area is 259 Å². The predicted octanol–water partition coefficient (Wildman–Crippen LogP) is 2.77. The lowest BCUT2D eigenvalue weighted by Gasteiger charge is -2.39. The first-order valence-corrected chi connectivity index (χ1v) is 15.7. The van der Waals surface area contributed by atoms with E-state index in [2.05, 4.69) is 5.32 Å². The molecule has 0 saturated heterocycles. The van der Waals surface area contributed by atoms with Crippen molar-refractivity contribution < 1.29 is 29.7 Å². The van der Waals surface area contributed by atoms with Crippen molar-refractivity contribution in [3.63, 3.8) is 0 Å². The molecule has 8 atom stereocenters. The Morgan fingerprint density at radius 1 is 0.767 bits per heavy atom. The summed E-state index contributed by atoms with van der Waals surface area (Å²) >= 11 is 0. The van der Waals surface area contributed by atoms with Gasteiger partial charge in [0.2, 0.25) is 11.8 Å². The van der Waals surface area contributed by atoms with Gasteiger partial charge in [0, 0.05) is 26.2 Å². The summed E-state index contributed by atoms with van der Waals surface area (Å²) in [7, 11) is 4.91. The Bertz CT molecular complexity index is 986. The van der Waals surface area contributed by atoms with Gasteiger partial charge in [0.05, 0.1) is 30.4 Å². The first-order valence-electron chi connectivity index (χ1n) is 15.7. The fourth-order valence-corrected chi connectivity index (χ4v) is 5.78. The zero-order chi connectivity index (χ0) is 32.9. The van der Waals surface area contributed by atoms with E-state index in [1.807, 2.05) is 26.0 Å². The van der Waals surface area contributed by atoms with Gasteiger partial charge in [-0.2, -0.15) is 0 Å². The summed E-state index contributed by atoms with van der Waals surface area (Å²) in [6.45, 7) is 8.85. The summed E-state index contributed by atoms with van der Waals surface area (Å²) in [4.78, 5) is 43.8. The number of hydrogen-bond donors (Lipinski definition) is 5. The summed E-state index contributed by atoms with van der Waals surface area (Å²) in [5.41, 5.74) is 7.41. The number of likely N-dealkylation sites (N-methyl/N-ethyl adjacent to an activating group) is 3. The molecule has 0 heterocycles. The van der Waals surface area contributed by atoms with Gasteiger partial charge in [0.15, 0.2) is 5.78 Å². The van der Waals surface area contributed by atoms with Gasteiger partial charge in [-0.05, 0) is 89.5 Å². The molecule has 246 valence electrons. The maximum absolute atomic E-state index is 14.2. The fourth-order valence-electron chi connectivity index (χ4n) is 5.78. The van der Waals surface area contributed by atoms with Gasteiger partial charge in [-0.1, -0.05) is 38.8 Å². The number of hydrogen-bond acceptors (Lipinski definition) is 8. The molecular weight excluding hydrogens is 548 g/mol. The molecule has 43 heavy (non-hydrogen) atoms. The third-order valence-electron chi connectivity index (χ3n) is 8.42. The predicted molar refractivity (Wildman–Crippen MR) is 171 cm³/mol. The second-order valence-electron chi connectivity index (χ2n) is 12.6. The Morgan fingerprint density at radius 3 is 1.79 bits per heavy atom. The van der Waals surface area contributed by atoms with Crippen LogP contribution >= 0.6 is 0 Å². The molecule has 0 fully saturated rings. The molecule has 0 radical (unpaired) electrons. The molecule has 1 aromatic rings. The van der Waals surface area contributed by atoms with E-state index in [1.54, 1.807) is 54.0 Å². The van der Waals surface area contributed by atoms with Gasteiger partial charge in [-0.15, -0.1) is 0 Å². The van der Waals surface area contributed by atoms with Crippen LogP contribution in [0.2, 0.25) is 0 Å². The molecule has 1 rings (SSSR count). The number of Topliss-reactive ketones (excluding diaryl/α,β-unsaturated/α-hetero) is 1. The summed E-state index contributed by atoms with van der Waals surface area (Å²) in [5, 5.41) is 33.3. The lowest BCUT2D eigenvalue weighted by Crippen LogP contribution is -2.58. The Balaban J connectivity index is 3.14. The topological polar surface area (TPSA) is 156 Å². The first-order chi connectivity index (χ1) is 20.1. The molecule has 0 bridgehead atoms. The standard InChI is InChI=1S/C33H58N4O6/c1-21(12-10-14-28(40)20-26-15-17-27(34)18-16-26)30(29(41)19-24(4)39)36(7)33(43)31(22(2)11-9-13-23(3)38)37(8)32(42)25(5)35-6/h15-18,21-25,28,30-31,35,38-40H,9-14,19-20,34H2,1-8H3/t21-,22-,23?,24?,25-,28?,30-,31-/m0/s1. The number of carbonyl (C=O) groups excluding carboxylic acids is 3. The van der Waals surface area contributed by atoms with Crippen LogP contribution in [-0.4, -0.2) is 100 Å². The minimum Gasteiger partial charge on any atom is -0.399 e. The number of ketones is 1. The Hall–Kier alpha value is -2.53. The van der Waals surface area contributed by atoms with E-state index in [0.29, 0.717) is 50.6 Å². The lowest BCUT2D eigenvalue weighted by atomic mass is 9.87. The first kappa shape index (κ1) is 38.5. The Kier molecular flexibility index (Phi) is 17.0. The molecule has 0 saturated carbocycles. The van der Waals surface area contributed by atoms with Crippen LogP contribution in [0.25, 0.3) is 0 Å². The van der Waals surface area contributed by atoms with E-state index < -0.39 is 36.4 Å². The van der Waals surface area contributed by atoms with Gasteiger partial charge in [0.1, 0.15) is 6.04 Å². The van der Waals surface area contributed by atoms with Gasteiger partial charge in [-0.25, -0.2) is 0 Å². The number of nitrogens with zero attached hydrogens (tertiary/aromatic N) is 2. The third kappa shape index (κ3) is 12.9. The molecule has 1 aromatic carbocycles. The molecule has 0 spiro atoms. The number of rotatable bonds is 20. The van der Waals surface area contributed by atoms with Crippen molar-refractivity contribution in [1.82, 2.24) is 15.1 Å². The second-order valence-corrected chi connectivity index (χ2v) is 12.6. The van der Waals surface area contributed by atoms with Crippen LogP contribution in [0.1, 0.15) is 85.1 Å². The molecule has 10 nitrogen and oxygen atoms in total. The number of nitrogens with one attached hydrogen (secondary N) is 1. The molecular formula is C33H58N4O6. The summed E-state index contributed by atoms with van der Waals surface area (Å²) in [5.74, 6) is -1.27. The zero-order valence-corrected chi connectivity index (χ0v) is 27.6. The van der Waals surface area contributed by atoms with Gasteiger partial charge < -0.3 is 36.2 Å². The molecule has 0 aliphatic heterocycles. The van der Waals surface area contributed by atoms with Crippen molar-refractivity contribution in [2.75, 3.05) is 26.9 Å². The van der Waals surface area contributed by atoms with Crippen molar-refractivity contribution in [3.05, 3.63) is 29.8 Å². The maximum Gasteiger partial charge on any atom is 0.246 e. The average Bonchev–Trinajstić information content (AvgIpc) is 2.92. The number of amides is 2. The van der Waals surface area contributed by atoms with Crippen molar-refractivity contribution >= 4 is 23.3 Å². The van der Waals surface area contributed by atoms with Crippen LogP contribution < -0.4 is 11.1 Å². The number of nitrogen functional groups attached to an aromatic ring is 1. The number of anilines is 1. The number of aliphatic hydroxyl groups excluding tert-OH is 3. The minimum atomic E-state index is -0.858. The smallest absolute Gasteiger partial charge is 0.246 e. The van der Waals surface area contributed by atoms with Crippen molar-refractivity contribution in [3.8, 4) is 0 Å². The number of aliphatic hydroxyl groups is 3. The molecule has 0 aliphatic rings. The molecule has 3 unspecified atom stereocenters. The van der Waals surface area contributed by atoms with E-state index >= 15 is 0 Å². The zero-order valence-electron chi connectivity index (χ0n) is 27.6. The largest absolute Gasteiger partial charge is 0.399 e. The van der Waals surface area contributed by atoms with Crippen molar-refractivity contribution in [2.24, 2.45) is 11.8 Å². The van der Waals surface area contributed by atoms with Gasteiger partial charge in [0.25, 0.3) is 0 Å². The second kappa shape index (κ2) is 19.0. The molecule has 6 N–H and O–H groups in total. The quantitative estimate of drug-likeness (QED) is 0.142. The monoisotopic (exact) mass is 606 g/mol. The van der Waals surface area contributed by atoms with Crippen LogP contribution in [0, 0.1) is 11.8 Å². The van der Waals surface area contributed by atoms with Crippen LogP contribution in [0.5, 0.6) is 0 Å². The highest BCUT2D eigenvalue weighted by molar-refractivity contribution is 5.93. The number of benzene rings is 1. The number of carbonyl (C=O) groups is 3. The van der Waals surface area contributed by atoms with Crippen LogP contribution in [0.15, 0.2) is 24.3 Å². The summed E-state index contributed by atoms with van der Waals surface area (Å²) in [6.07, 6.45) is 2.20. The van der Waals surface area contributed by atoms with Crippen molar-refractivity contribution in [1.29, 1.82) is 0 Å². The van der Waals surface area contributed by atoms with Gasteiger partial charge in [-0.3, -0.25) is 14.4 Å². The SMILES string of the molecule is CN[C@@H](C)C(=O)N(C)[C@H](C(=O)N(C)[C@H](C(=O)CC(C)O)[C@@H](C)CCCC(O)Cc1ccc(N)cc1)[C@@H](C)CCCC(C)O. The average molecular weight is 607 g/mol. The van der Waals surface area contributed by atoms with E-state index in [4.69, 9.17) is 5.73 Å². The van der Waals surface area contributed by atoms with Crippen molar-refractivity contribution in [2.45, 2.75) is 122 Å². The maximum atomic E-state index is 14.2. The van der Waals surface area contributed by atoms with E-state index in [0.717, 1.165) is 5.56 Å². The van der Waals surface area contributed by atoms with E-state index in [1.165, 1.54) is 9.80 Å². The highest BCUT2D eigenvalue weighted by Crippen LogP contribution is 2.26. The minimum absolute atomic E-state index is 0.0907. The fraction of sp³-hybridized carbons (Fsp3) is 0.727. The molecule has 0 aromatic heterocycles. The number of nitrogens with two attached hydrogens (primary N) is 1. The molecule has 0 aliphatic carbocycles. The highest BCUT2D eigenvalue weighted by atomic mass is 16.3. The normalized spacial score (nSPS) is 17.2. The highest BCUT2D eigenvalue weighted by Gasteiger charge is 2.40. The summed E-state index contributed by atoms with van der Waals surface area (Å²) < 4.78 is 0. The van der Waals surface area contributed by atoms with E-state index in [-0.39, 0.29) is 35.9 Å². The molecule has 10 heteroatoms. The summed E-state index contributed by atoms with van der Waals surface area (Å²) in [6, 6.07) is 5.30.